The highest BCUT2D eigenvalue weighted by Crippen LogP contribution is 2.18. The highest BCUT2D eigenvalue weighted by atomic mass is 127. The zero-order chi connectivity index (χ0) is 16.7. The second kappa shape index (κ2) is 11.2. The summed E-state index contributed by atoms with van der Waals surface area (Å²) >= 11 is 6.05. The van der Waals surface area contributed by atoms with E-state index in [1.165, 1.54) is 37.9 Å². The molecule has 1 aliphatic heterocycles. The first kappa shape index (κ1) is 21.5. The number of likely N-dealkylation sites (tertiary alicyclic amines) is 1. The van der Waals surface area contributed by atoms with E-state index in [4.69, 9.17) is 11.6 Å². The lowest BCUT2D eigenvalue weighted by Crippen LogP contribution is -2.40. The summed E-state index contributed by atoms with van der Waals surface area (Å²) in [6.07, 6.45) is 3.85. The van der Waals surface area contributed by atoms with Gasteiger partial charge in [-0.3, -0.25) is 4.99 Å². The normalized spacial score (nSPS) is 16.6. The molecule has 0 saturated carbocycles. The van der Waals surface area contributed by atoms with E-state index in [1.807, 2.05) is 25.2 Å². The van der Waals surface area contributed by atoms with Crippen LogP contribution in [0.2, 0.25) is 5.02 Å². The molecule has 1 fully saturated rings. The molecular formula is C18H30ClIN4. The van der Waals surface area contributed by atoms with Crippen LogP contribution in [0.5, 0.6) is 0 Å². The SMILES string of the molecule is CN=C(NCCC1CCN(C)CC1)N(C)Cc1cccc(Cl)c1.I. The average molecular weight is 465 g/mol. The second-order valence-electron chi connectivity index (χ2n) is 6.50. The topological polar surface area (TPSA) is 30.9 Å². The maximum Gasteiger partial charge on any atom is 0.193 e. The fraction of sp³-hybridized carbons (Fsp3) is 0.611. The maximum absolute atomic E-state index is 6.05. The van der Waals surface area contributed by atoms with E-state index < -0.39 is 0 Å². The first-order valence-electron chi connectivity index (χ1n) is 8.43. The van der Waals surface area contributed by atoms with Gasteiger partial charge >= 0.3 is 0 Å². The number of hydrogen-bond donors (Lipinski definition) is 1. The van der Waals surface area contributed by atoms with Crippen LogP contribution in [0.3, 0.4) is 0 Å². The Morgan fingerprint density at radius 1 is 1.38 bits per heavy atom. The molecule has 1 aromatic carbocycles. The average Bonchev–Trinajstić information content (AvgIpc) is 2.53. The molecule has 1 saturated heterocycles. The molecule has 0 bridgehead atoms. The molecule has 24 heavy (non-hydrogen) atoms. The van der Waals surface area contributed by atoms with Crippen LogP contribution in [-0.2, 0) is 6.54 Å². The van der Waals surface area contributed by atoms with Crippen molar-refractivity contribution in [3.05, 3.63) is 34.9 Å². The fourth-order valence-corrected chi connectivity index (χ4v) is 3.32. The predicted molar refractivity (Wildman–Crippen MR) is 115 cm³/mol. The summed E-state index contributed by atoms with van der Waals surface area (Å²) in [6, 6.07) is 7.99. The van der Waals surface area contributed by atoms with E-state index in [0.29, 0.717) is 0 Å². The summed E-state index contributed by atoms with van der Waals surface area (Å²) in [7, 11) is 6.11. The number of nitrogens with zero attached hydrogens (tertiary/aromatic N) is 3. The minimum Gasteiger partial charge on any atom is -0.356 e. The van der Waals surface area contributed by atoms with Crippen molar-refractivity contribution in [3.8, 4) is 0 Å². The standard InChI is InChI=1S/C18H29ClN4.HI/c1-20-18(21-10-7-15-8-11-22(2)12-9-15)23(3)14-16-5-4-6-17(19)13-16;/h4-6,13,15H,7-12,14H2,1-3H3,(H,20,21);1H. The highest BCUT2D eigenvalue weighted by Gasteiger charge is 2.16. The van der Waals surface area contributed by atoms with Gasteiger partial charge in [0.15, 0.2) is 5.96 Å². The minimum atomic E-state index is 0. The molecular weight excluding hydrogens is 435 g/mol. The summed E-state index contributed by atoms with van der Waals surface area (Å²) in [5, 5.41) is 4.27. The molecule has 0 amide bonds. The van der Waals surface area contributed by atoms with Gasteiger partial charge in [-0.25, -0.2) is 0 Å². The van der Waals surface area contributed by atoms with Gasteiger partial charge in [-0.1, -0.05) is 23.7 Å². The van der Waals surface area contributed by atoms with Crippen LogP contribution in [0.1, 0.15) is 24.8 Å². The van der Waals surface area contributed by atoms with Crippen molar-refractivity contribution in [2.24, 2.45) is 10.9 Å². The summed E-state index contributed by atoms with van der Waals surface area (Å²) in [4.78, 5) is 8.95. The van der Waals surface area contributed by atoms with Gasteiger partial charge in [-0.15, -0.1) is 24.0 Å². The number of rotatable bonds is 5. The third kappa shape index (κ3) is 7.15. The van der Waals surface area contributed by atoms with Crippen LogP contribution >= 0.6 is 35.6 Å². The maximum atomic E-state index is 6.05. The molecule has 4 nitrogen and oxygen atoms in total. The number of aliphatic imine (C=N–C) groups is 1. The van der Waals surface area contributed by atoms with Crippen molar-refractivity contribution in [1.29, 1.82) is 0 Å². The lowest BCUT2D eigenvalue weighted by molar-refractivity contribution is 0.212. The number of guanidine groups is 1. The molecule has 0 aliphatic carbocycles. The van der Waals surface area contributed by atoms with E-state index in [0.717, 1.165) is 30.0 Å². The first-order chi connectivity index (χ1) is 11.1. The Bertz CT molecular complexity index is 515. The lowest BCUT2D eigenvalue weighted by Gasteiger charge is -2.29. The smallest absolute Gasteiger partial charge is 0.193 e. The Balaban J connectivity index is 0.00000288. The highest BCUT2D eigenvalue weighted by molar-refractivity contribution is 14.0. The lowest BCUT2D eigenvalue weighted by atomic mass is 9.94. The fourth-order valence-electron chi connectivity index (χ4n) is 3.11. The van der Waals surface area contributed by atoms with Gasteiger partial charge in [0.25, 0.3) is 0 Å². The molecule has 0 radical (unpaired) electrons. The Morgan fingerprint density at radius 2 is 2.08 bits per heavy atom. The molecule has 0 aromatic heterocycles. The van der Waals surface area contributed by atoms with Gasteiger partial charge in [0, 0.05) is 32.2 Å². The van der Waals surface area contributed by atoms with Crippen LogP contribution in [0, 0.1) is 5.92 Å². The number of benzene rings is 1. The van der Waals surface area contributed by atoms with Gasteiger partial charge in [0.2, 0.25) is 0 Å². The molecule has 2 rings (SSSR count). The Hall–Kier alpha value is -0.530. The molecule has 0 unspecified atom stereocenters. The van der Waals surface area contributed by atoms with Crippen molar-refractivity contribution in [2.45, 2.75) is 25.8 Å². The van der Waals surface area contributed by atoms with Crippen molar-refractivity contribution in [3.63, 3.8) is 0 Å². The van der Waals surface area contributed by atoms with Crippen LogP contribution in [0.15, 0.2) is 29.3 Å². The minimum absolute atomic E-state index is 0. The number of piperidine rings is 1. The van der Waals surface area contributed by atoms with Crippen LogP contribution in [0.4, 0.5) is 0 Å². The Kier molecular flexibility index (Phi) is 10.0. The quantitative estimate of drug-likeness (QED) is 0.409. The monoisotopic (exact) mass is 464 g/mol. The van der Waals surface area contributed by atoms with Crippen LogP contribution in [-0.4, -0.2) is 56.5 Å². The van der Waals surface area contributed by atoms with Crippen LogP contribution < -0.4 is 5.32 Å². The van der Waals surface area contributed by atoms with Gasteiger partial charge in [0.05, 0.1) is 0 Å². The van der Waals surface area contributed by atoms with E-state index in [-0.39, 0.29) is 24.0 Å². The third-order valence-corrected chi connectivity index (χ3v) is 4.79. The molecule has 0 atom stereocenters. The number of hydrogen-bond acceptors (Lipinski definition) is 2. The molecule has 1 N–H and O–H groups in total. The number of halogens is 2. The van der Waals surface area contributed by atoms with Gasteiger partial charge in [0.1, 0.15) is 0 Å². The second-order valence-corrected chi connectivity index (χ2v) is 6.93. The van der Waals surface area contributed by atoms with Crippen molar-refractivity contribution >= 4 is 41.5 Å². The molecule has 6 heteroatoms. The Labute approximate surface area is 168 Å². The Morgan fingerprint density at radius 3 is 2.71 bits per heavy atom. The van der Waals surface area contributed by atoms with E-state index in [2.05, 4.69) is 40.3 Å². The summed E-state index contributed by atoms with van der Waals surface area (Å²) in [5.74, 6) is 1.79. The van der Waals surface area contributed by atoms with Gasteiger partial charge < -0.3 is 15.1 Å². The molecule has 1 aromatic rings. The predicted octanol–water partition coefficient (Wildman–Crippen LogP) is 3.70. The summed E-state index contributed by atoms with van der Waals surface area (Å²) in [6.45, 7) is 4.25. The zero-order valence-corrected chi connectivity index (χ0v) is 18.1. The number of nitrogens with one attached hydrogen (secondary N) is 1. The van der Waals surface area contributed by atoms with Gasteiger partial charge in [-0.05, 0) is 63.0 Å². The largest absolute Gasteiger partial charge is 0.356 e. The van der Waals surface area contributed by atoms with Gasteiger partial charge in [-0.2, -0.15) is 0 Å². The molecule has 1 heterocycles. The van der Waals surface area contributed by atoms with Crippen molar-refractivity contribution < 1.29 is 0 Å². The summed E-state index contributed by atoms with van der Waals surface area (Å²) in [5.41, 5.74) is 1.19. The van der Waals surface area contributed by atoms with E-state index >= 15 is 0 Å². The van der Waals surface area contributed by atoms with Crippen molar-refractivity contribution in [2.75, 3.05) is 40.8 Å². The van der Waals surface area contributed by atoms with E-state index in [9.17, 15) is 0 Å². The molecule has 0 spiro atoms. The van der Waals surface area contributed by atoms with E-state index in [1.54, 1.807) is 0 Å². The first-order valence-corrected chi connectivity index (χ1v) is 8.81. The molecule has 1 aliphatic rings. The van der Waals surface area contributed by atoms with Crippen molar-refractivity contribution in [1.82, 2.24) is 15.1 Å². The summed E-state index contributed by atoms with van der Waals surface area (Å²) < 4.78 is 0. The molecule has 136 valence electrons. The van der Waals surface area contributed by atoms with Crippen LogP contribution in [0.25, 0.3) is 0 Å². The third-order valence-electron chi connectivity index (χ3n) is 4.56. The zero-order valence-electron chi connectivity index (χ0n) is 15.0.